The quantitative estimate of drug-likeness (QED) is 0.692. The number of thiazole rings is 1. The van der Waals surface area contributed by atoms with Crippen molar-refractivity contribution in [1.29, 1.82) is 0 Å². The molecule has 0 aliphatic rings. The summed E-state index contributed by atoms with van der Waals surface area (Å²) in [5.74, 6) is 0. The molecule has 3 aromatic rings. The van der Waals surface area contributed by atoms with Crippen LogP contribution in [0.4, 0.5) is 0 Å². The van der Waals surface area contributed by atoms with Gasteiger partial charge in [-0.3, -0.25) is 0 Å². The van der Waals surface area contributed by atoms with Crippen molar-refractivity contribution in [1.82, 2.24) is 4.98 Å². The molecule has 0 spiro atoms. The van der Waals surface area contributed by atoms with Crippen LogP contribution in [0.3, 0.4) is 0 Å². The van der Waals surface area contributed by atoms with Gasteiger partial charge >= 0.3 is 0 Å². The fourth-order valence-electron chi connectivity index (χ4n) is 1.91. The molecule has 0 radical (unpaired) electrons. The number of aromatic nitrogens is 1. The first kappa shape index (κ1) is 15.2. The number of hydrogen-bond donors (Lipinski definition) is 0. The first-order valence-electron chi connectivity index (χ1n) is 6.05. The summed E-state index contributed by atoms with van der Waals surface area (Å²) in [5.41, 5.74) is 3.45. The van der Waals surface area contributed by atoms with E-state index in [1.807, 2.05) is 42.5 Å². The van der Waals surface area contributed by atoms with Crippen molar-refractivity contribution in [3.8, 4) is 11.3 Å². The molecule has 102 valence electrons. The van der Waals surface area contributed by atoms with Crippen molar-refractivity contribution >= 4 is 22.9 Å². The standard InChI is InChI=1S/C16H12ClNS.BrH/c17-14-8-6-12(7-9-14)10-16-18-15(11-19-16)13-4-2-1-3-5-13;/h1-9,11H,10H2;1H/p-1. The number of halogens is 2. The van der Waals surface area contributed by atoms with Crippen molar-refractivity contribution in [2.24, 2.45) is 0 Å². The maximum atomic E-state index is 5.89. The molecular formula is C16H12BrClNS-. The van der Waals surface area contributed by atoms with Crippen LogP contribution in [0.5, 0.6) is 0 Å². The van der Waals surface area contributed by atoms with E-state index in [1.54, 1.807) is 11.3 Å². The zero-order valence-corrected chi connectivity index (χ0v) is 13.8. The van der Waals surface area contributed by atoms with Crippen LogP contribution in [-0.2, 0) is 6.42 Å². The Balaban J connectivity index is 0.00000147. The molecule has 20 heavy (non-hydrogen) atoms. The summed E-state index contributed by atoms with van der Waals surface area (Å²) in [6.45, 7) is 0. The highest BCUT2D eigenvalue weighted by molar-refractivity contribution is 7.10. The van der Waals surface area contributed by atoms with Crippen LogP contribution in [0, 0.1) is 0 Å². The van der Waals surface area contributed by atoms with Crippen molar-refractivity contribution in [2.45, 2.75) is 6.42 Å². The summed E-state index contributed by atoms with van der Waals surface area (Å²) in [7, 11) is 0. The molecule has 0 saturated heterocycles. The topological polar surface area (TPSA) is 12.9 Å². The van der Waals surface area contributed by atoms with Gasteiger partial charge in [-0.1, -0.05) is 54.1 Å². The Morgan fingerprint density at radius 3 is 2.35 bits per heavy atom. The lowest BCUT2D eigenvalue weighted by molar-refractivity contribution is -0.00000366. The van der Waals surface area contributed by atoms with Crippen molar-refractivity contribution in [3.05, 3.63) is 75.6 Å². The van der Waals surface area contributed by atoms with E-state index in [-0.39, 0.29) is 17.0 Å². The molecule has 4 heteroatoms. The highest BCUT2D eigenvalue weighted by atomic mass is 79.9. The van der Waals surface area contributed by atoms with Crippen LogP contribution >= 0.6 is 22.9 Å². The third kappa shape index (κ3) is 3.69. The van der Waals surface area contributed by atoms with Crippen molar-refractivity contribution in [3.63, 3.8) is 0 Å². The number of rotatable bonds is 3. The van der Waals surface area contributed by atoms with Crippen molar-refractivity contribution < 1.29 is 17.0 Å². The van der Waals surface area contributed by atoms with E-state index in [0.29, 0.717) is 0 Å². The molecule has 1 aromatic heterocycles. The summed E-state index contributed by atoms with van der Waals surface area (Å²) in [6, 6.07) is 18.2. The lowest BCUT2D eigenvalue weighted by Gasteiger charge is -1.98. The van der Waals surface area contributed by atoms with E-state index in [2.05, 4.69) is 22.5 Å². The molecular weight excluding hydrogens is 354 g/mol. The summed E-state index contributed by atoms with van der Waals surface area (Å²) in [6.07, 6.45) is 0.856. The Labute approximate surface area is 138 Å². The largest absolute Gasteiger partial charge is 1.00 e. The first-order chi connectivity index (χ1) is 9.31. The Hall–Kier alpha value is -1.16. The van der Waals surface area contributed by atoms with Crippen LogP contribution in [0.2, 0.25) is 5.02 Å². The van der Waals surface area contributed by atoms with Gasteiger partial charge in [-0.15, -0.1) is 11.3 Å². The second kappa shape index (κ2) is 7.02. The molecule has 1 nitrogen and oxygen atoms in total. The lowest BCUT2D eigenvalue weighted by Crippen LogP contribution is -3.00. The fourth-order valence-corrected chi connectivity index (χ4v) is 2.87. The summed E-state index contributed by atoms with van der Waals surface area (Å²) in [5, 5.41) is 4.01. The summed E-state index contributed by atoms with van der Waals surface area (Å²) < 4.78 is 0. The van der Waals surface area contributed by atoms with Gasteiger partial charge in [0.25, 0.3) is 0 Å². The maximum Gasteiger partial charge on any atom is 0.0976 e. The fraction of sp³-hybridized carbons (Fsp3) is 0.0625. The van der Waals surface area contributed by atoms with Crippen LogP contribution in [-0.4, -0.2) is 4.98 Å². The van der Waals surface area contributed by atoms with E-state index in [1.165, 1.54) is 11.1 Å². The molecule has 3 rings (SSSR count). The van der Waals surface area contributed by atoms with Gasteiger partial charge in [0.05, 0.1) is 10.7 Å². The highest BCUT2D eigenvalue weighted by Gasteiger charge is 2.05. The average Bonchev–Trinajstić information content (AvgIpc) is 2.91. The Morgan fingerprint density at radius 1 is 0.950 bits per heavy atom. The van der Waals surface area contributed by atoms with Crippen LogP contribution < -0.4 is 17.0 Å². The Kier molecular flexibility index (Phi) is 5.35. The maximum absolute atomic E-state index is 5.89. The van der Waals surface area contributed by atoms with Gasteiger partial charge in [0.1, 0.15) is 0 Å². The van der Waals surface area contributed by atoms with Gasteiger partial charge in [-0.25, -0.2) is 4.98 Å². The van der Waals surface area contributed by atoms with Crippen LogP contribution in [0.15, 0.2) is 60.0 Å². The van der Waals surface area contributed by atoms with E-state index in [4.69, 9.17) is 11.6 Å². The van der Waals surface area contributed by atoms with Crippen LogP contribution in [0.25, 0.3) is 11.3 Å². The number of hydrogen-bond acceptors (Lipinski definition) is 2. The molecule has 2 aromatic carbocycles. The van der Waals surface area contributed by atoms with Gasteiger partial charge in [0.2, 0.25) is 0 Å². The predicted molar refractivity (Wildman–Crippen MR) is 81.8 cm³/mol. The van der Waals surface area contributed by atoms with E-state index in [9.17, 15) is 0 Å². The normalized spacial score (nSPS) is 10.1. The minimum absolute atomic E-state index is 0. The molecule has 0 unspecified atom stereocenters. The van der Waals surface area contributed by atoms with Crippen molar-refractivity contribution in [2.75, 3.05) is 0 Å². The van der Waals surface area contributed by atoms with Gasteiger partial charge < -0.3 is 17.0 Å². The monoisotopic (exact) mass is 364 g/mol. The molecule has 0 amide bonds. The van der Waals surface area contributed by atoms with E-state index >= 15 is 0 Å². The van der Waals surface area contributed by atoms with Gasteiger partial charge in [0.15, 0.2) is 0 Å². The minimum atomic E-state index is 0. The van der Waals surface area contributed by atoms with E-state index < -0.39 is 0 Å². The van der Waals surface area contributed by atoms with E-state index in [0.717, 1.165) is 22.1 Å². The molecule has 0 aliphatic carbocycles. The molecule has 0 N–H and O–H groups in total. The number of benzene rings is 2. The first-order valence-corrected chi connectivity index (χ1v) is 7.31. The Morgan fingerprint density at radius 2 is 1.65 bits per heavy atom. The zero-order valence-electron chi connectivity index (χ0n) is 10.6. The summed E-state index contributed by atoms with van der Waals surface area (Å²) >= 11 is 7.59. The lowest BCUT2D eigenvalue weighted by atomic mass is 10.1. The predicted octanol–water partition coefficient (Wildman–Crippen LogP) is 2.06. The second-order valence-electron chi connectivity index (χ2n) is 4.30. The SMILES string of the molecule is Clc1ccc(Cc2nc(-c3ccccc3)cs2)cc1.[Br-]. The average molecular weight is 366 g/mol. The minimum Gasteiger partial charge on any atom is -1.00 e. The molecule has 0 saturated carbocycles. The second-order valence-corrected chi connectivity index (χ2v) is 5.67. The molecule has 0 bridgehead atoms. The third-order valence-corrected chi connectivity index (χ3v) is 3.99. The molecule has 1 heterocycles. The van der Waals surface area contributed by atoms with Gasteiger partial charge in [-0.05, 0) is 17.7 Å². The third-order valence-electron chi connectivity index (χ3n) is 2.89. The number of nitrogens with zero attached hydrogens (tertiary/aromatic N) is 1. The molecule has 0 atom stereocenters. The van der Waals surface area contributed by atoms with Crippen LogP contribution in [0.1, 0.15) is 10.6 Å². The zero-order chi connectivity index (χ0) is 13.1. The smallest absolute Gasteiger partial charge is 0.0976 e. The summed E-state index contributed by atoms with van der Waals surface area (Å²) in [4.78, 5) is 4.68. The highest BCUT2D eigenvalue weighted by Crippen LogP contribution is 2.23. The molecule has 0 fully saturated rings. The Bertz CT molecular complexity index is 664. The van der Waals surface area contributed by atoms with Gasteiger partial charge in [0, 0.05) is 22.4 Å². The molecule has 0 aliphatic heterocycles. The van der Waals surface area contributed by atoms with Gasteiger partial charge in [-0.2, -0.15) is 0 Å².